The predicted molar refractivity (Wildman–Crippen MR) is 85.4 cm³/mol. The first-order valence-corrected chi connectivity index (χ1v) is 8.16. The van der Waals surface area contributed by atoms with Crippen LogP contribution in [0.4, 0.5) is 4.39 Å². The van der Waals surface area contributed by atoms with E-state index in [2.05, 4.69) is 19.2 Å². The van der Waals surface area contributed by atoms with Crippen molar-refractivity contribution in [2.24, 2.45) is 11.8 Å². The van der Waals surface area contributed by atoms with Gasteiger partial charge in [-0.15, -0.1) is 0 Å². The fourth-order valence-electron chi connectivity index (χ4n) is 2.99. The number of benzene rings is 1. The van der Waals surface area contributed by atoms with Gasteiger partial charge in [-0.05, 0) is 37.3 Å². The first-order chi connectivity index (χ1) is 10.9. The van der Waals surface area contributed by atoms with Crippen LogP contribution in [0.15, 0.2) is 24.3 Å². The van der Waals surface area contributed by atoms with Gasteiger partial charge in [0.05, 0.1) is 5.56 Å². The highest BCUT2D eigenvalue weighted by atomic mass is 19.1. The van der Waals surface area contributed by atoms with Gasteiger partial charge < -0.3 is 10.1 Å². The Kier molecular flexibility index (Phi) is 5.74. The molecule has 0 saturated heterocycles. The quantitative estimate of drug-likeness (QED) is 0.866. The van der Waals surface area contributed by atoms with Crippen LogP contribution in [0, 0.1) is 17.7 Å². The maximum atomic E-state index is 13.6. The van der Waals surface area contributed by atoms with Gasteiger partial charge in [0.15, 0.2) is 6.10 Å². The summed E-state index contributed by atoms with van der Waals surface area (Å²) >= 11 is 0. The van der Waals surface area contributed by atoms with Crippen molar-refractivity contribution in [3.63, 3.8) is 0 Å². The van der Waals surface area contributed by atoms with Crippen molar-refractivity contribution in [1.29, 1.82) is 0 Å². The number of halogens is 1. The van der Waals surface area contributed by atoms with E-state index in [9.17, 15) is 14.0 Å². The Balaban J connectivity index is 1.92. The van der Waals surface area contributed by atoms with Crippen molar-refractivity contribution in [3.05, 3.63) is 35.6 Å². The first kappa shape index (κ1) is 17.4. The number of carbonyl (C=O) groups excluding carboxylic acids is 2. The number of rotatable bonds is 4. The number of esters is 1. The first-order valence-electron chi connectivity index (χ1n) is 8.16. The van der Waals surface area contributed by atoms with E-state index in [1.54, 1.807) is 6.07 Å². The van der Waals surface area contributed by atoms with Crippen LogP contribution in [0.3, 0.4) is 0 Å². The van der Waals surface area contributed by atoms with Crippen LogP contribution in [-0.2, 0) is 9.53 Å². The molecule has 1 fully saturated rings. The molecule has 0 aliphatic heterocycles. The molecule has 4 nitrogen and oxygen atoms in total. The number of ether oxygens (including phenoxy) is 1. The standard InChI is InChI=1S/C18H24FNO3/c1-11-7-6-10-16(12(11)2)20-17(21)13(3)23-18(22)14-8-4-5-9-15(14)19/h4-5,8-9,11-13,16H,6-7,10H2,1-3H3,(H,20,21)/t11-,12+,13+,16-/m0/s1. The minimum absolute atomic E-state index is 0.0980. The SMILES string of the molecule is C[C@H]1[C@@H](NC(=O)[C@@H](C)OC(=O)c2ccccc2F)CCC[C@@H]1C. The summed E-state index contributed by atoms with van der Waals surface area (Å²) in [6, 6.07) is 5.67. The van der Waals surface area contributed by atoms with E-state index < -0.39 is 17.9 Å². The summed E-state index contributed by atoms with van der Waals surface area (Å²) < 4.78 is 18.6. The molecule has 23 heavy (non-hydrogen) atoms. The van der Waals surface area contributed by atoms with E-state index in [0.717, 1.165) is 12.8 Å². The van der Waals surface area contributed by atoms with Crippen molar-refractivity contribution in [2.75, 3.05) is 0 Å². The zero-order valence-electron chi connectivity index (χ0n) is 13.8. The Morgan fingerprint density at radius 2 is 1.96 bits per heavy atom. The highest BCUT2D eigenvalue weighted by Gasteiger charge is 2.30. The van der Waals surface area contributed by atoms with E-state index in [1.807, 2.05) is 0 Å². The van der Waals surface area contributed by atoms with Crippen molar-refractivity contribution < 1.29 is 18.7 Å². The van der Waals surface area contributed by atoms with Crippen LogP contribution in [0.1, 0.15) is 50.4 Å². The van der Waals surface area contributed by atoms with Gasteiger partial charge in [0, 0.05) is 6.04 Å². The summed E-state index contributed by atoms with van der Waals surface area (Å²) in [6.07, 6.45) is 2.24. The van der Waals surface area contributed by atoms with Gasteiger partial charge >= 0.3 is 5.97 Å². The van der Waals surface area contributed by atoms with Crippen molar-refractivity contribution in [2.45, 2.75) is 52.2 Å². The number of carbonyl (C=O) groups is 2. The summed E-state index contributed by atoms with van der Waals surface area (Å²) in [5, 5.41) is 2.96. The fourth-order valence-corrected chi connectivity index (χ4v) is 2.99. The van der Waals surface area contributed by atoms with Crippen LogP contribution in [-0.4, -0.2) is 24.0 Å². The third-order valence-electron chi connectivity index (χ3n) is 4.78. The van der Waals surface area contributed by atoms with Crippen molar-refractivity contribution in [1.82, 2.24) is 5.32 Å². The second-order valence-corrected chi connectivity index (χ2v) is 6.41. The normalized spacial score (nSPS) is 25.5. The lowest BCUT2D eigenvalue weighted by Gasteiger charge is -2.35. The highest BCUT2D eigenvalue weighted by molar-refractivity contribution is 5.92. The van der Waals surface area contributed by atoms with E-state index in [0.29, 0.717) is 11.8 Å². The molecule has 0 heterocycles. The Hall–Kier alpha value is -1.91. The predicted octanol–water partition coefficient (Wildman–Crippen LogP) is 3.31. The van der Waals surface area contributed by atoms with Gasteiger partial charge in [0.2, 0.25) is 0 Å². The molecule has 4 atom stereocenters. The van der Waals surface area contributed by atoms with E-state index >= 15 is 0 Å². The largest absolute Gasteiger partial charge is 0.449 e. The van der Waals surface area contributed by atoms with Gasteiger partial charge in [-0.3, -0.25) is 4.79 Å². The molecule has 1 saturated carbocycles. The zero-order valence-corrected chi connectivity index (χ0v) is 13.8. The van der Waals surface area contributed by atoms with Crippen molar-refractivity contribution in [3.8, 4) is 0 Å². The molecular formula is C18H24FNO3. The molecule has 0 spiro atoms. The second-order valence-electron chi connectivity index (χ2n) is 6.41. The molecule has 0 unspecified atom stereocenters. The fraction of sp³-hybridized carbons (Fsp3) is 0.556. The van der Waals surface area contributed by atoms with E-state index in [-0.39, 0.29) is 17.5 Å². The third-order valence-corrected chi connectivity index (χ3v) is 4.78. The molecule has 126 valence electrons. The molecule has 1 aromatic rings. The lowest BCUT2D eigenvalue weighted by Crippen LogP contribution is -2.47. The summed E-state index contributed by atoms with van der Waals surface area (Å²) in [7, 11) is 0. The molecule has 2 rings (SSSR count). The van der Waals surface area contributed by atoms with Gasteiger partial charge in [0.25, 0.3) is 5.91 Å². The number of amides is 1. The molecular weight excluding hydrogens is 297 g/mol. The highest BCUT2D eigenvalue weighted by Crippen LogP contribution is 2.29. The molecule has 5 heteroatoms. The van der Waals surface area contributed by atoms with Crippen molar-refractivity contribution >= 4 is 11.9 Å². The average Bonchev–Trinajstić information content (AvgIpc) is 2.52. The maximum Gasteiger partial charge on any atom is 0.341 e. The Bertz CT molecular complexity index is 575. The van der Waals surface area contributed by atoms with Crippen LogP contribution >= 0.6 is 0 Å². The second kappa shape index (κ2) is 7.57. The molecule has 1 aliphatic rings. The number of hydrogen-bond donors (Lipinski definition) is 1. The topological polar surface area (TPSA) is 55.4 Å². The van der Waals surface area contributed by atoms with Crippen LogP contribution in [0.5, 0.6) is 0 Å². The number of nitrogens with one attached hydrogen (secondary N) is 1. The Morgan fingerprint density at radius 3 is 2.65 bits per heavy atom. The van der Waals surface area contributed by atoms with E-state index in [1.165, 1.54) is 31.5 Å². The average molecular weight is 321 g/mol. The minimum atomic E-state index is -0.952. The van der Waals surface area contributed by atoms with Gasteiger partial charge in [-0.25, -0.2) is 9.18 Å². The Labute approximate surface area is 136 Å². The molecule has 0 bridgehead atoms. The van der Waals surface area contributed by atoms with Crippen LogP contribution < -0.4 is 5.32 Å². The summed E-state index contributed by atoms with van der Waals surface area (Å²) in [6.45, 7) is 5.82. The minimum Gasteiger partial charge on any atom is -0.449 e. The summed E-state index contributed by atoms with van der Waals surface area (Å²) in [5.41, 5.74) is -0.160. The lowest BCUT2D eigenvalue weighted by atomic mass is 9.78. The third kappa shape index (κ3) is 4.30. The monoisotopic (exact) mass is 321 g/mol. The van der Waals surface area contributed by atoms with E-state index in [4.69, 9.17) is 4.74 Å². The zero-order chi connectivity index (χ0) is 17.0. The van der Waals surface area contributed by atoms with Crippen LogP contribution in [0.2, 0.25) is 0 Å². The molecule has 1 amide bonds. The summed E-state index contributed by atoms with van der Waals surface area (Å²) in [4.78, 5) is 24.2. The summed E-state index contributed by atoms with van der Waals surface area (Å²) in [5.74, 6) is -0.858. The molecule has 1 N–H and O–H groups in total. The molecule has 0 radical (unpaired) electrons. The Morgan fingerprint density at radius 1 is 1.26 bits per heavy atom. The van der Waals surface area contributed by atoms with Gasteiger partial charge in [0.1, 0.15) is 5.82 Å². The lowest BCUT2D eigenvalue weighted by molar-refractivity contribution is -0.130. The number of hydrogen-bond acceptors (Lipinski definition) is 3. The molecule has 1 aromatic carbocycles. The maximum absolute atomic E-state index is 13.6. The smallest absolute Gasteiger partial charge is 0.341 e. The molecule has 1 aliphatic carbocycles. The van der Waals surface area contributed by atoms with Crippen LogP contribution in [0.25, 0.3) is 0 Å². The van der Waals surface area contributed by atoms with Gasteiger partial charge in [-0.2, -0.15) is 0 Å². The van der Waals surface area contributed by atoms with Gasteiger partial charge in [-0.1, -0.05) is 38.8 Å². The molecule has 0 aromatic heterocycles.